The topological polar surface area (TPSA) is 75.2 Å². The van der Waals surface area contributed by atoms with E-state index in [-0.39, 0.29) is 30.1 Å². The van der Waals surface area contributed by atoms with E-state index in [2.05, 4.69) is 26.3 Å². The lowest BCUT2D eigenvalue weighted by Gasteiger charge is -2.37. The third-order valence-corrected chi connectivity index (χ3v) is 7.29. The molecule has 3 heterocycles. The van der Waals surface area contributed by atoms with E-state index < -0.39 is 11.7 Å². The van der Waals surface area contributed by atoms with Crippen molar-refractivity contribution in [2.45, 2.75) is 25.6 Å². The van der Waals surface area contributed by atoms with Gasteiger partial charge in [-0.15, -0.1) is 0 Å². The molecule has 2 aromatic heterocycles. The van der Waals surface area contributed by atoms with Crippen molar-refractivity contribution in [2.24, 2.45) is 18.9 Å². The van der Waals surface area contributed by atoms with Crippen LogP contribution in [-0.4, -0.2) is 51.6 Å². The molecule has 1 amide bonds. The molecule has 10 heteroatoms. The number of imidazole rings is 1. The van der Waals surface area contributed by atoms with Gasteiger partial charge in [-0.2, -0.15) is 13.2 Å². The Hall–Kier alpha value is -3.79. The van der Waals surface area contributed by atoms with Crippen LogP contribution >= 0.6 is 0 Å². The lowest BCUT2D eigenvalue weighted by atomic mass is 9.88. The number of carbonyl (C=O) groups excluding carboxylic acids is 1. The van der Waals surface area contributed by atoms with Gasteiger partial charge in [-0.05, 0) is 42.7 Å². The summed E-state index contributed by atoms with van der Waals surface area (Å²) in [4.78, 5) is 23.1. The number of alkyl halides is 3. The second-order valence-corrected chi connectivity index (χ2v) is 10.2. The quantitative estimate of drug-likeness (QED) is 0.321. The van der Waals surface area contributed by atoms with Gasteiger partial charge in [0, 0.05) is 62.1 Å². The summed E-state index contributed by atoms with van der Waals surface area (Å²) >= 11 is 0. The highest BCUT2D eigenvalue weighted by Gasteiger charge is 2.33. The predicted molar refractivity (Wildman–Crippen MR) is 142 cm³/mol. The number of aryl methyl sites for hydroxylation is 1. The van der Waals surface area contributed by atoms with Crippen LogP contribution in [0.15, 0.2) is 67.1 Å². The molecule has 0 unspecified atom stereocenters. The third kappa shape index (κ3) is 6.62. The van der Waals surface area contributed by atoms with Crippen LogP contribution in [0.2, 0.25) is 0 Å². The second-order valence-electron chi connectivity index (χ2n) is 10.2. The van der Waals surface area contributed by atoms with Crippen LogP contribution in [0.4, 0.5) is 13.2 Å². The highest BCUT2D eigenvalue weighted by molar-refractivity contribution is 5.83. The van der Waals surface area contributed by atoms with Gasteiger partial charge in [0.15, 0.2) is 0 Å². The Labute approximate surface area is 225 Å². The number of benzene rings is 2. The number of para-hydroxylation sites is 1. The Morgan fingerprint density at radius 1 is 1.18 bits per heavy atom. The van der Waals surface area contributed by atoms with E-state index in [1.807, 2.05) is 42.2 Å². The van der Waals surface area contributed by atoms with Gasteiger partial charge < -0.3 is 19.6 Å². The van der Waals surface area contributed by atoms with Gasteiger partial charge in [-0.25, -0.2) is 4.98 Å². The molecule has 5 rings (SSSR count). The number of halogens is 3. The molecule has 0 saturated carbocycles. The van der Waals surface area contributed by atoms with Gasteiger partial charge in [-0.3, -0.25) is 9.69 Å². The van der Waals surface area contributed by atoms with Crippen molar-refractivity contribution in [3.63, 3.8) is 0 Å². The molecule has 0 spiro atoms. The number of nitrogens with zero attached hydrogens (tertiary/aromatic N) is 3. The number of piperidine rings is 1. The van der Waals surface area contributed by atoms with Gasteiger partial charge in [0.25, 0.3) is 0 Å². The summed E-state index contributed by atoms with van der Waals surface area (Å²) in [5.41, 5.74) is 1.48. The first-order valence-electron chi connectivity index (χ1n) is 13.1. The van der Waals surface area contributed by atoms with E-state index in [4.69, 9.17) is 4.74 Å². The van der Waals surface area contributed by atoms with E-state index in [0.717, 1.165) is 34.4 Å². The van der Waals surface area contributed by atoms with Gasteiger partial charge >= 0.3 is 6.18 Å². The normalized spacial score (nSPS) is 18.4. The molecule has 1 aliphatic rings. The Morgan fingerprint density at radius 2 is 2.03 bits per heavy atom. The van der Waals surface area contributed by atoms with Gasteiger partial charge in [0.1, 0.15) is 11.6 Å². The Balaban J connectivity index is 1.22. The highest BCUT2D eigenvalue weighted by atomic mass is 19.4. The molecule has 0 aliphatic carbocycles. The van der Waals surface area contributed by atoms with Crippen molar-refractivity contribution >= 4 is 16.8 Å². The van der Waals surface area contributed by atoms with Crippen molar-refractivity contribution < 1.29 is 22.7 Å². The molecule has 4 aromatic rings. The number of aromatic nitrogens is 3. The number of aromatic amines is 1. The molecule has 206 valence electrons. The summed E-state index contributed by atoms with van der Waals surface area (Å²) in [5.74, 6) is 0.734. The zero-order chi connectivity index (χ0) is 27.4. The summed E-state index contributed by atoms with van der Waals surface area (Å²) in [6, 6.07) is 13.0. The number of likely N-dealkylation sites (tertiary alicyclic amines) is 1. The molecule has 1 saturated heterocycles. The van der Waals surface area contributed by atoms with Crippen LogP contribution in [0.25, 0.3) is 10.9 Å². The molecule has 7 nitrogen and oxygen atoms in total. The summed E-state index contributed by atoms with van der Waals surface area (Å²) in [6.45, 7) is 2.54. The number of hydrogen-bond donors (Lipinski definition) is 2. The minimum Gasteiger partial charge on any atom is -0.493 e. The molecular weight excluding hydrogens is 507 g/mol. The van der Waals surface area contributed by atoms with E-state index in [9.17, 15) is 18.0 Å². The second kappa shape index (κ2) is 11.5. The molecule has 0 bridgehead atoms. The third-order valence-electron chi connectivity index (χ3n) is 7.29. The number of ether oxygens (including phenoxy) is 1. The molecule has 39 heavy (non-hydrogen) atoms. The molecule has 0 radical (unpaired) electrons. The van der Waals surface area contributed by atoms with Crippen LogP contribution in [0.3, 0.4) is 0 Å². The van der Waals surface area contributed by atoms with Crippen LogP contribution in [0.1, 0.15) is 23.4 Å². The van der Waals surface area contributed by atoms with Crippen LogP contribution in [-0.2, 0) is 31.0 Å². The van der Waals surface area contributed by atoms with Crippen molar-refractivity contribution in [1.82, 2.24) is 24.8 Å². The first kappa shape index (κ1) is 26.8. The molecule has 2 N–H and O–H groups in total. The van der Waals surface area contributed by atoms with Crippen molar-refractivity contribution in [3.8, 4) is 5.75 Å². The summed E-state index contributed by atoms with van der Waals surface area (Å²) in [5, 5.41) is 4.25. The average Bonchev–Trinajstić information content (AvgIpc) is 3.52. The number of H-pyrrole nitrogens is 1. The van der Waals surface area contributed by atoms with Gasteiger partial charge in [0.05, 0.1) is 24.6 Å². The standard InChI is InChI=1S/C29H32F3N5O2/c1-36-12-11-33-27(36)18-37-16-20(19-39-24-6-4-5-23(14-24)29(30,31)32)13-22(17-37)28(38)34-10-9-21-15-35-26-8-3-2-7-25(21)26/h2-8,11-12,14-15,20,22,35H,9-10,13,16-19H2,1H3,(H,34,38)/t20-,22+/m0/s1. The van der Waals surface area contributed by atoms with Crippen molar-refractivity contribution in [3.05, 3.63) is 84.1 Å². The maximum absolute atomic E-state index is 13.2. The number of fused-ring (bicyclic) bond motifs is 1. The number of hydrogen-bond acceptors (Lipinski definition) is 4. The Morgan fingerprint density at radius 3 is 2.82 bits per heavy atom. The van der Waals surface area contributed by atoms with Gasteiger partial charge in [0.2, 0.25) is 5.91 Å². The number of carbonyl (C=O) groups is 1. The largest absolute Gasteiger partial charge is 0.493 e. The fraction of sp³-hybridized carbons (Fsp3) is 0.379. The number of amides is 1. The van der Waals surface area contributed by atoms with Gasteiger partial charge in [-0.1, -0.05) is 24.3 Å². The van der Waals surface area contributed by atoms with Crippen LogP contribution in [0, 0.1) is 11.8 Å². The Kier molecular flexibility index (Phi) is 7.92. The maximum Gasteiger partial charge on any atom is 0.416 e. The van der Waals surface area contributed by atoms with Crippen molar-refractivity contribution in [2.75, 3.05) is 26.2 Å². The SMILES string of the molecule is Cn1ccnc1CN1C[C@@H](COc2cccc(C(F)(F)F)c2)C[C@@H](C(=O)NCCc2c[nH]c3ccccc23)C1. The summed E-state index contributed by atoms with van der Waals surface area (Å²) < 4.78 is 47.1. The minimum absolute atomic E-state index is 0.0246. The predicted octanol–water partition coefficient (Wildman–Crippen LogP) is 4.80. The van der Waals surface area contributed by atoms with E-state index in [1.165, 1.54) is 12.1 Å². The zero-order valence-electron chi connectivity index (χ0n) is 21.7. The van der Waals surface area contributed by atoms with Crippen LogP contribution in [0.5, 0.6) is 5.75 Å². The number of nitrogens with one attached hydrogen (secondary N) is 2. The zero-order valence-corrected chi connectivity index (χ0v) is 21.7. The smallest absolute Gasteiger partial charge is 0.416 e. The summed E-state index contributed by atoms with van der Waals surface area (Å²) in [7, 11) is 1.93. The first-order valence-corrected chi connectivity index (χ1v) is 13.1. The average molecular weight is 540 g/mol. The molecule has 2 atom stereocenters. The maximum atomic E-state index is 13.2. The molecule has 2 aromatic carbocycles. The van der Waals surface area contributed by atoms with E-state index in [1.54, 1.807) is 6.20 Å². The lowest BCUT2D eigenvalue weighted by Crippen LogP contribution is -2.47. The van der Waals surface area contributed by atoms with Crippen LogP contribution < -0.4 is 10.1 Å². The highest BCUT2D eigenvalue weighted by Crippen LogP contribution is 2.32. The first-order chi connectivity index (χ1) is 18.8. The van der Waals surface area contributed by atoms with E-state index in [0.29, 0.717) is 39.0 Å². The van der Waals surface area contributed by atoms with Crippen molar-refractivity contribution in [1.29, 1.82) is 0 Å². The lowest BCUT2D eigenvalue weighted by molar-refractivity contribution is -0.137. The molecule has 1 fully saturated rings. The molecular formula is C29H32F3N5O2. The monoisotopic (exact) mass is 539 g/mol. The minimum atomic E-state index is -4.43. The Bertz CT molecular complexity index is 1410. The molecule has 1 aliphatic heterocycles. The fourth-order valence-electron chi connectivity index (χ4n) is 5.27. The summed E-state index contributed by atoms with van der Waals surface area (Å²) in [6.07, 6.45) is 2.47. The fourth-order valence-corrected chi connectivity index (χ4v) is 5.27. The van der Waals surface area contributed by atoms with E-state index >= 15 is 0 Å². The number of rotatable bonds is 9.